The molecule has 0 fully saturated rings. The van der Waals surface area contributed by atoms with Crippen LogP contribution in [-0.2, 0) is 5.75 Å². The molecule has 0 amide bonds. The number of anilines is 1. The summed E-state index contributed by atoms with van der Waals surface area (Å²) in [5.74, 6) is 2.03. The number of hydrogen-bond donors (Lipinski definition) is 1. The molecule has 1 heterocycles. The zero-order valence-corrected chi connectivity index (χ0v) is 10.6. The minimum atomic E-state index is 0.735. The molecule has 0 aliphatic rings. The second-order valence-electron chi connectivity index (χ2n) is 3.61. The Morgan fingerprint density at radius 2 is 2.20 bits per heavy atom. The van der Waals surface area contributed by atoms with Gasteiger partial charge in [0.25, 0.3) is 0 Å². The van der Waals surface area contributed by atoms with E-state index in [1.165, 1.54) is 12.0 Å². The van der Waals surface area contributed by atoms with Crippen LogP contribution in [0.3, 0.4) is 0 Å². The molecule has 1 unspecified atom stereocenters. The number of pyridine rings is 1. The number of nitrogens with zero attached hydrogens (tertiary/aromatic N) is 1. The average Bonchev–Trinajstić information content (AvgIpc) is 2.28. The zero-order chi connectivity index (χ0) is 11.1. The molecule has 0 aromatic carbocycles. The molecule has 0 aliphatic heterocycles. The Hall–Kier alpha value is -0.700. The Labute approximate surface area is 96.9 Å². The average molecular weight is 224 g/mol. The van der Waals surface area contributed by atoms with Gasteiger partial charge in [-0.05, 0) is 25.0 Å². The van der Waals surface area contributed by atoms with E-state index in [1.807, 2.05) is 18.0 Å². The molecule has 1 N–H and O–H groups in total. The fourth-order valence-corrected chi connectivity index (χ4v) is 2.04. The third-order valence-corrected chi connectivity index (χ3v) is 3.69. The van der Waals surface area contributed by atoms with Crippen molar-refractivity contribution in [3.8, 4) is 0 Å². The maximum atomic E-state index is 4.35. The van der Waals surface area contributed by atoms with Crippen LogP contribution in [-0.4, -0.2) is 16.8 Å². The summed E-state index contributed by atoms with van der Waals surface area (Å²) >= 11 is 1.99. The Kier molecular flexibility index (Phi) is 5.54. The first-order valence-electron chi connectivity index (χ1n) is 5.56. The predicted molar refractivity (Wildman–Crippen MR) is 69.4 cm³/mol. The molecule has 0 radical (unpaired) electrons. The first-order valence-corrected chi connectivity index (χ1v) is 6.61. The van der Waals surface area contributed by atoms with Crippen molar-refractivity contribution in [2.24, 2.45) is 0 Å². The van der Waals surface area contributed by atoms with E-state index in [2.05, 4.69) is 43.2 Å². The smallest absolute Gasteiger partial charge is 0.125 e. The Morgan fingerprint density at radius 1 is 1.40 bits per heavy atom. The fourth-order valence-electron chi connectivity index (χ4n) is 1.15. The van der Waals surface area contributed by atoms with Crippen molar-refractivity contribution in [1.29, 1.82) is 0 Å². The first kappa shape index (κ1) is 12.4. The van der Waals surface area contributed by atoms with E-state index >= 15 is 0 Å². The van der Waals surface area contributed by atoms with Gasteiger partial charge in [-0.1, -0.05) is 19.9 Å². The first-order chi connectivity index (χ1) is 7.26. The van der Waals surface area contributed by atoms with Gasteiger partial charge in [0, 0.05) is 23.7 Å². The third kappa shape index (κ3) is 4.56. The molecule has 0 bridgehead atoms. The number of rotatable bonds is 6. The van der Waals surface area contributed by atoms with Gasteiger partial charge in [0.2, 0.25) is 0 Å². The van der Waals surface area contributed by atoms with Gasteiger partial charge in [0.05, 0.1) is 0 Å². The lowest BCUT2D eigenvalue weighted by molar-refractivity contribution is 0.905. The van der Waals surface area contributed by atoms with Gasteiger partial charge in [0.1, 0.15) is 5.82 Å². The third-order valence-electron chi connectivity index (χ3n) is 2.29. The summed E-state index contributed by atoms with van der Waals surface area (Å²) in [5, 5.41) is 3.93. The van der Waals surface area contributed by atoms with Crippen LogP contribution in [0.25, 0.3) is 0 Å². The number of thioether (sulfide) groups is 1. The maximum Gasteiger partial charge on any atom is 0.125 e. The Morgan fingerprint density at radius 3 is 2.73 bits per heavy atom. The van der Waals surface area contributed by atoms with Gasteiger partial charge < -0.3 is 5.32 Å². The molecule has 1 aromatic rings. The molecule has 1 rings (SSSR count). The summed E-state index contributed by atoms with van der Waals surface area (Å²) in [7, 11) is 0. The van der Waals surface area contributed by atoms with Gasteiger partial charge in [-0.15, -0.1) is 0 Å². The summed E-state index contributed by atoms with van der Waals surface area (Å²) in [6, 6.07) is 4.20. The van der Waals surface area contributed by atoms with Gasteiger partial charge >= 0.3 is 0 Å². The molecule has 1 aromatic heterocycles. The van der Waals surface area contributed by atoms with E-state index in [1.54, 1.807) is 0 Å². The fraction of sp³-hybridized carbons (Fsp3) is 0.583. The highest BCUT2D eigenvalue weighted by atomic mass is 32.2. The molecular formula is C12H20N2S. The van der Waals surface area contributed by atoms with Crippen LogP contribution >= 0.6 is 11.8 Å². The van der Waals surface area contributed by atoms with E-state index in [-0.39, 0.29) is 0 Å². The highest BCUT2D eigenvalue weighted by Crippen LogP contribution is 2.19. The van der Waals surface area contributed by atoms with Crippen LogP contribution in [0.5, 0.6) is 0 Å². The van der Waals surface area contributed by atoms with E-state index in [4.69, 9.17) is 0 Å². The van der Waals surface area contributed by atoms with Crippen LogP contribution in [0.4, 0.5) is 5.82 Å². The van der Waals surface area contributed by atoms with Gasteiger partial charge in [0.15, 0.2) is 0 Å². The van der Waals surface area contributed by atoms with Crippen molar-refractivity contribution in [3.63, 3.8) is 0 Å². The van der Waals surface area contributed by atoms with E-state index in [0.29, 0.717) is 0 Å². The van der Waals surface area contributed by atoms with Gasteiger partial charge in [-0.25, -0.2) is 4.98 Å². The van der Waals surface area contributed by atoms with Crippen LogP contribution in [0.2, 0.25) is 0 Å². The lowest BCUT2D eigenvalue weighted by atomic mass is 10.3. The summed E-state index contributed by atoms with van der Waals surface area (Å²) in [5.41, 5.74) is 1.31. The van der Waals surface area contributed by atoms with Crippen molar-refractivity contribution < 1.29 is 0 Å². The number of nitrogens with one attached hydrogen (secondary N) is 1. The molecule has 84 valence electrons. The Bertz CT molecular complexity index is 271. The predicted octanol–water partition coefficient (Wildman–Crippen LogP) is 3.55. The van der Waals surface area contributed by atoms with Crippen LogP contribution < -0.4 is 5.32 Å². The van der Waals surface area contributed by atoms with E-state index in [0.717, 1.165) is 23.4 Å². The molecule has 2 nitrogen and oxygen atoms in total. The minimum Gasteiger partial charge on any atom is -0.370 e. The van der Waals surface area contributed by atoms with Crippen molar-refractivity contribution in [2.75, 3.05) is 11.9 Å². The highest BCUT2D eigenvalue weighted by Gasteiger charge is 2.00. The second kappa shape index (κ2) is 6.72. The maximum absolute atomic E-state index is 4.35. The lowest BCUT2D eigenvalue weighted by Gasteiger charge is -2.08. The number of hydrogen-bond acceptors (Lipinski definition) is 3. The lowest BCUT2D eigenvalue weighted by Crippen LogP contribution is -1.99. The Balaban J connectivity index is 2.42. The molecule has 15 heavy (non-hydrogen) atoms. The van der Waals surface area contributed by atoms with E-state index < -0.39 is 0 Å². The van der Waals surface area contributed by atoms with E-state index in [9.17, 15) is 0 Å². The van der Waals surface area contributed by atoms with Gasteiger partial charge in [-0.2, -0.15) is 11.8 Å². The van der Waals surface area contributed by atoms with Crippen LogP contribution in [0.15, 0.2) is 18.3 Å². The minimum absolute atomic E-state index is 0.735. The van der Waals surface area contributed by atoms with Gasteiger partial charge in [-0.3, -0.25) is 0 Å². The topological polar surface area (TPSA) is 24.9 Å². The molecular weight excluding hydrogens is 204 g/mol. The molecule has 1 atom stereocenters. The van der Waals surface area contributed by atoms with Crippen molar-refractivity contribution in [3.05, 3.63) is 23.9 Å². The summed E-state index contributed by atoms with van der Waals surface area (Å²) < 4.78 is 0. The second-order valence-corrected chi connectivity index (χ2v) is 5.04. The number of aromatic nitrogens is 1. The SMILES string of the molecule is CCNc1ccc(CSC(C)CC)cn1. The summed E-state index contributed by atoms with van der Waals surface area (Å²) in [4.78, 5) is 4.35. The standard InChI is InChI=1S/C12H20N2S/c1-4-10(3)15-9-11-6-7-12(13-5-2)14-8-11/h6-8,10H,4-5,9H2,1-3H3,(H,13,14). The highest BCUT2D eigenvalue weighted by molar-refractivity contribution is 7.99. The van der Waals surface area contributed by atoms with Crippen molar-refractivity contribution in [2.45, 2.75) is 38.2 Å². The van der Waals surface area contributed by atoms with Crippen molar-refractivity contribution in [1.82, 2.24) is 4.98 Å². The van der Waals surface area contributed by atoms with Crippen molar-refractivity contribution >= 4 is 17.6 Å². The van der Waals surface area contributed by atoms with Crippen LogP contribution in [0.1, 0.15) is 32.8 Å². The van der Waals surface area contributed by atoms with Crippen LogP contribution in [0, 0.1) is 0 Å². The molecule has 0 saturated carbocycles. The largest absolute Gasteiger partial charge is 0.370 e. The monoisotopic (exact) mass is 224 g/mol. The molecule has 0 saturated heterocycles. The molecule has 3 heteroatoms. The molecule has 0 spiro atoms. The summed E-state index contributed by atoms with van der Waals surface area (Å²) in [6.45, 7) is 7.50. The zero-order valence-electron chi connectivity index (χ0n) is 9.79. The molecule has 0 aliphatic carbocycles. The summed E-state index contributed by atoms with van der Waals surface area (Å²) in [6.07, 6.45) is 3.20. The quantitative estimate of drug-likeness (QED) is 0.800. The normalized spacial score (nSPS) is 12.5.